The normalized spacial score (nSPS) is 13.9. The van der Waals surface area contributed by atoms with Gasteiger partial charge in [-0.1, -0.05) is 0 Å². The number of hydrogen-bond donors (Lipinski definition) is 1. The molecule has 2 heterocycles. The predicted octanol–water partition coefficient (Wildman–Crippen LogP) is 1.94. The van der Waals surface area contributed by atoms with Crippen molar-refractivity contribution in [1.29, 1.82) is 0 Å². The summed E-state index contributed by atoms with van der Waals surface area (Å²) in [7, 11) is 0. The van der Waals surface area contributed by atoms with Gasteiger partial charge in [-0.05, 0) is 31.2 Å². The summed E-state index contributed by atoms with van der Waals surface area (Å²) in [5.41, 5.74) is 1.32. The molecular formula is C15H13NO4. The molecule has 5 heteroatoms. The zero-order valence-corrected chi connectivity index (χ0v) is 10.9. The Labute approximate surface area is 115 Å². The average Bonchev–Trinajstić information content (AvgIpc) is 2.79. The third-order valence-corrected chi connectivity index (χ3v) is 3.24. The molecule has 2 aromatic rings. The molecule has 0 fully saturated rings. The van der Waals surface area contributed by atoms with E-state index in [1.807, 2.05) is 0 Å². The van der Waals surface area contributed by atoms with Gasteiger partial charge in [-0.15, -0.1) is 0 Å². The average molecular weight is 271 g/mol. The number of furan rings is 1. The summed E-state index contributed by atoms with van der Waals surface area (Å²) in [6.45, 7) is 2.61. The minimum absolute atomic E-state index is 0.170. The molecule has 0 unspecified atom stereocenters. The van der Waals surface area contributed by atoms with Crippen LogP contribution in [0.1, 0.15) is 32.0 Å². The van der Waals surface area contributed by atoms with E-state index in [4.69, 9.17) is 9.15 Å². The molecule has 0 bridgehead atoms. The van der Waals surface area contributed by atoms with Gasteiger partial charge in [0.15, 0.2) is 5.78 Å². The lowest BCUT2D eigenvalue weighted by molar-refractivity contribution is 0.0957. The van der Waals surface area contributed by atoms with Crippen molar-refractivity contribution in [2.75, 3.05) is 13.2 Å². The third kappa shape index (κ3) is 2.07. The van der Waals surface area contributed by atoms with Crippen molar-refractivity contribution in [3.05, 3.63) is 53.0 Å². The maximum atomic E-state index is 12.4. The van der Waals surface area contributed by atoms with Crippen LogP contribution in [0.25, 0.3) is 0 Å². The molecule has 102 valence electrons. The highest BCUT2D eigenvalue weighted by atomic mass is 16.5. The molecule has 1 aliphatic heterocycles. The lowest BCUT2D eigenvalue weighted by Crippen LogP contribution is -2.24. The predicted molar refractivity (Wildman–Crippen MR) is 71.1 cm³/mol. The molecule has 1 aliphatic rings. The van der Waals surface area contributed by atoms with Crippen LogP contribution >= 0.6 is 0 Å². The number of amides is 1. The van der Waals surface area contributed by atoms with Gasteiger partial charge in [-0.3, -0.25) is 9.59 Å². The van der Waals surface area contributed by atoms with Crippen LogP contribution in [0.4, 0.5) is 0 Å². The summed E-state index contributed by atoms with van der Waals surface area (Å²) >= 11 is 0. The van der Waals surface area contributed by atoms with E-state index in [-0.39, 0.29) is 11.7 Å². The zero-order valence-electron chi connectivity index (χ0n) is 10.9. The molecule has 1 N–H and O–H groups in total. The Morgan fingerprint density at radius 1 is 1.30 bits per heavy atom. The molecule has 0 saturated carbocycles. The molecule has 1 aromatic heterocycles. The van der Waals surface area contributed by atoms with Gasteiger partial charge >= 0.3 is 0 Å². The number of hydrogen-bond acceptors (Lipinski definition) is 4. The van der Waals surface area contributed by atoms with E-state index in [0.717, 1.165) is 0 Å². The first kappa shape index (κ1) is 12.5. The van der Waals surface area contributed by atoms with E-state index < -0.39 is 0 Å². The van der Waals surface area contributed by atoms with Crippen LogP contribution in [-0.4, -0.2) is 24.8 Å². The van der Waals surface area contributed by atoms with E-state index >= 15 is 0 Å². The maximum absolute atomic E-state index is 12.4. The number of carbonyl (C=O) groups is 2. The maximum Gasteiger partial charge on any atom is 0.255 e. The number of fused-ring (bicyclic) bond motifs is 1. The Morgan fingerprint density at radius 3 is 2.90 bits per heavy atom. The second-order valence-electron chi connectivity index (χ2n) is 4.53. The van der Waals surface area contributed by atoms with Crippen molar-refractivity contribution < 1.29 is 18.7 Å². The third-order valence-electron chi connectivity index (χ3n) is 3.24. The molecule has 20 heavy (non-hydrogen) atoms. The Morgan fingerprint density at radius 2 is 2.15 bits per heavy atom. The first-order valence-corrected chi connectivity index (χ1v) is 6.30. The molecule has 0 spiro atoms. The first-order chi connectivity index (χ1) is 9.66. The summed E-state index contributed by atoms with van der Waals surface area (Å²) in [6, 6.07) is 6.50. The minimum atomic E-state index is -0.226. The Kier molecular flexibility index (Phi) is 3.02. The molecule has 5 nitrogen and oxygen atoms in total. The molecule has 1 aromatic carbocycles. The van der Waals surface area contributed by atoms with E-state index in [1.54, 1.807) is 31.2 Å². The van der Waals surface area contributed by atoms with Gasteiger partial charge in [-0.2, -0.15) is 0 Å². The van der Waals surface area contributed by atoms with Gasteiger partial charge in [0.25, 0.3) is 5.91 Å². The first-order valence-electron chi connectivity index (χ1n) is 6.30. The molecule has 0 aliphatic carbocycles. The number of aryl methyl sites for hydroxylation is 1. The highest BCUT2D eigenvalue weighted by molar-refractivity contribution is 6.11. The van der Waals surface area contributed by atoms with E-state index in [0.29, 0.717) is 41.4 Å². The van der Waals surface area contributed by atoms with E-state index in [9.17, 15) is 9.59 Å². The molecular weight excluding hydrogens is 258 g/mol. The fourth-order valence-electron chi connectivity index (χ4n) is 2.17. The van der Waals surface area contributed by atoms with E-state index in [2.05, 4.69) is 5.32 Å². The summed E-state index contributed by atoms with van der Waals surface area (Å²) in [4.78, 5) is 24.3. The fourth-order valence-corrected chi connectivity index (χ4v) is 2.17. The summed E-state index contributed by atoms with van der Waals surface area (Å²) < 4.78 is 10.6. The zero-order chi connectivity index (χ0) is 14.1. The monoisotopic (exact) mass is 271 g/mol. The van der Waals surface area contributed by atoms with Crippen molar-refractivity contribution >= 4 is 11.7 Å². The van der Waals surface area contributed by atoms with Crippen LogP contribution in [0.5, 0.6) is 5.75 Å². The highest BCUT2D eigenvalue weighted by Gasteiger charge is 2.20. The van der Waals surface area contributed by atoms with Gasteiger partial charge in [-0.25, -0.2) is 0 Å². The second kappa shape index (κ2) is 4.85. The highest BCUT2D eigenvalue weighted by Crippen LogP contribution is 2.24. The summed E-state index contributed by atoms with van der Waals surface area (Å²) in [5.74, 6) is 0.665. The van der Waals surface area contributed by atoms with Crippen molar-refractivity contribution in [2.24, 2.45) is 0 Å². The number of nitrogens with one attached hydrogen (secondary N) is 1. The van der Waals surface area contributed by atoms with Gasteiger partial charge in [0.1, 0.15) is 18.1 Å². The number of carbonyl (C=O) groups excluding carboxylic acids is 2. The standard InChI is InChI=1S/C15H13NO4/c1-9-11(4-6-19-9)14(17)10-2-3-13-12(8-10)15(18)16-5-7-20-13/h2-4,6,8H,5,7H2,1H3,(H,16,18). The van der Waals surface area contributed by atoms with Crippen LogP contribution < -0.4 is 10.1 Å². The minimum Gasteiger partial charge on any atom is -0.491 e. The van der Waals surface area contributed by atoms with Gasteiger partial charge in [0.05, 0.1) is 23.9 Å². The van der Waals surface area contributed by atoms with Crippen LogP contribution in [-0.2, 0) is 0 Å². The van der Waals surface area contributed by atoms with Crippen molar-refractivity contribution in [3.63, 3.8) is 0 Å². The van der Waals surface area contributed by atoms with Crippen molar-refractivity contribution in [1.82, 2.24) is 5.32 Å². The van der Waals surface area contributed by atoms with Crippen LogP contribution in [0, 0.1) is 6.92 Å². The smallest absolute Gasteiger partial charge is 0.255 e. The van der Waals surface area contributed by atoms with Gasteiger partial charge in [0.2, 0.25) is 0 Å². The molecule has 0 saturated heterocycles. The lowest BCUT2D eigenvalue weighted by atomic mass is 10.0. The second-order valence-corrected chi connectivity index (χ2v) is 4.53. The quantitative estimate of drug-likeness (QED) is 0.847. The largest absolute Gasteiger partial charge is 0.491 e. The molecule has 0 radical (unpaired) electrons. The van der Waals surface area contributed by atoms with Gasteiger partial charge < -0.3 is 14.5 Å². The number of benzene rings is 1. The van der Waals surface area contributed by atoms with E-state index in [1.165, 1.54) is 6.26 Å². The SMILES string of the molecule is Cc1occc1C(=O)c1ccc2c(c1)C(=O)NCCO2. The molecule has 3 rings (SSSR count). The molecule has 1 amide bonds. The van der Waals surface area contributed by atoms with Gasteiger partial charge in [0, 0.05) is 5.56 Å². The molecule has 0 atom stereocenters. The lowest BCUT2D eigenvalue weighted by Gasteiger charge is -2.07. The van der Waals surface area contributed by atoms with Crippen molar-refractivity contribution in [3.8, 4) is 5.75 Å². The summed E-state index contributed by atoms with van der Waals surface area (Å²) in [5, 5.41) is 2.72. The van der Waals surface area contributed by atoms with Crippen LogP contribution in [0.2, 0.25) is 0 Å². The number of ketones is 1. The van der Waals surface area contributed by atoms with Crippen molar-refractivity contribution in [2.45, 2.75) is 6.92 Å². The van der Waals surface area contributed by atoms with Crippen LogP contribution in [0.3, 0.4) is 0 Å². The van der Waals surface area contributed by atoms with Crippen LogP contribution in [0.15, 0.2) is 34.9 Å². The Balaban J connectivity index is 2.02. The fraction of sp³-hybridized carbons (Fsp3) is 0.200. The number of rotatable bonds is 2. The summed E-state index contributed by atoms with van der Waals surface area (Å²) in [6.07, 6.45) is 1.47. The number of ether oxygens (including phenoxy) is 1. The topological polar surface area (TPSA) is 68.5 Å². The Hall–Kier alpha value is -2.56. The Bertz CT molecular complexity index is 687.